The molecule has 0 aromatic carbocycles. The van der Waals surface area contributed by atoms with Gasteiger partial charge in [0.1, 0.15) is 12.1 Å². The van der Waals surface area contributed by atoms with Crippen molar-refractivity contribution in [3.05, 3.63) is 47.1 Å². The molecule has 0 unspecified atom stereocenters. The quantitative estimate of drug-likeness (QED) is 0.869. The standard InChI is InChI=1S/C15H18ClN5/c1-12-8-15(19-11-18-12)21-6-4-20(5-7-21)10-14-3-2-13(16)9-17-14/h2-3,8-9,11H,4-7,10H2,1H3. The normalized spacial score (nSPS) is 16.2. The van der Waals surface area contributed by atoms with Crippen LogP contribution in [0.25, 0.3) is 0 Å². The molecule has 0 N–H and O–H groups in total. The molecule has 3 heterocycles. The first-order valence-electron chi connectivity index (χ1n) is 7.07. The van der Waals surface area contributed by atoms with Gasteiger partial charge >= 0.3 is 0 Å². The summed E-state index contributed by atoms with van der Waals surface area (Å²) < 4.78 is 0. The van der Waals surface area contributed by atoms with Gasteiger partial charge in [-0.25, -0.2) is 9.97 Å². The van der Waals surface area contributed by atoms with Crippen LogP contribution in [0.15, 0.2) is 30.7 Å². The van der Waals surface area contributed by atoms with Crippen LogP contribution in [0.4, 0.5) is 5.82 Å². The molecule has 0 saturated carbocycles. The van der Waals surface area contributed by atoms with Gasteiger partial charge in [-0.15, -0.1) is 0 Å². The lowest BCUT2D eigenvalue weighted by Crippen LogP contribution is -2.46. The lowest BCUT2D eigenvalue weighted by Gasteiger charge is -2.35. The second kappa shape index (κ2) is 6.37. The smallest absolute Gasteiger partial charge is 0.132 e. The minimum absolute atomic E-state index is 0.683. The van der Waals surface area contributed by atoms with Gasteiger partial charge < -0.3 is 4.90 Å². The van der Waals surface area contributed by atoms with Crippen molar-refractivity contribution in [2.45, 2.75) is 13.5 Å². The van der Waals surface area contributed by atoms with Crippen LogP contribution in [0.5, 0.6) is 0 Å². The van der Waals surface area contributed by atoms with E-state index in [2.05, 4.69) is 24.8 Å². The number of halogens is 1. The fourth-order valence-corrected chi connectivity index (χ4v) is 2.59. The molecular formula is C15H18ClN5. The van der Waals surface area contributed by atoms with Crippen LogP contribution in [-0.4, -0.2) is 46.0 Å². The Kier molecular flexibility index (Phi) is 4.31. The third-order valence-corrected chi connectivity index (χ3v) is 3.88. The van der Waals surface area contributed by atoms with Crippen molar-refractivity contribution in [1.82, 2.24) is 19.9 Å². The van der Waals surface area contributed by atoms with E-state index in [0.717, 1.165) is 49.9 Å². The Morgan fingerprint density at radius 2 is 1.90 bits per heavy atom. The summed E-state index contributed by atoms with van der Waals surface area (Å²) in [6, 6.07) is 5.92. The third kappa shape index (κ3) is 3.68. The molecule has 0 spiro atoms. The SMILES string of the molecule is Cc1cc(N2CCN(Cc3ccc(Cl)cn3)CC2)ncn1. The van der Waals surface area contributed by atoms with Gasteiger partial charge in [-0.2, -0.15) is 0 Å². The van der Waals surface area contributed by atoms with Gasteiger partial charge in [0.05, 0.1) is 10.7 Å². The zero-order valence-corrected chi connectivity index (χ0v) is 12.8. The summed E-state index contributed by atoms with van der Waals surface area (Å²) >= 11 is 5.86. The molecule has 110 valence electrons. The molecule has 2 aromatic rings. The number of aryl methyl sites for hydroxylation is 1. The topological polar surface area (TPSA) is 45.2 Å². The molecule has 1 aliphatic heterocycles. The molecule has 0 aliphatic carbocycles. The van der Waals surface area contributed by atoms with E-state index in [1.165, 1.54) is 0 Å². The van der Waals surface area contributed by atoms with E-state index in [-0.39, 0.29) is 0 Å². The molecular weight excluding hydrogens is 286 g/mol. The van der Waals surface area contributed by atoms with E-state index in [4.69, 9.17) is 11.6 Å². The van der Waals surface area contributed by atoms with Crippen LogP contribution in [0.3, 0.4) is 0 Å². The lowest BCUT2D eigenvalue weighted by atomic mass is 10.2. The van der Waals surface area contributed by atoms with Crippen molar-refractivity contribution in [2.75, 3.05) is 31.1 Å². The number of rotatable bonds is 3. The summed E-state index contributed by atoms with van der Waals surface area (Å²) in [6.07, 6.45) is 3.34. The van der Waals surface area contributed by atoms with Gasteiger partial charge in [0.2, 0.25) is 0 Å². The highest BCUT2D eigenvalue weighted by Crippen LogP contribution is 2.15. The van der Waals surface area contributed by atoms with Gasteiger partial charge in [-0.05, 0) is 19.1 Å². The second-order valence-corrected chi connectivity index (χ2v) is 5.68. The average molecular weight is 304 g/mol. The predicted octanol–water partition coefficient (Wildman–Crippen LogP) is 2.16. The fourth-order valence-electron chi connectivity index (χ4n) is 2.48. The Morgan fingerprint density at radius 3 is 2.57 bits per heavy atom. The predicted molar refractivity (Wildman–Crippen MR) is 83.5 cm³/mol. The van der Waals surface area contributed by atoms with E-state index in [1.807, 2.05) is 25.1 Å². The Balaban J connectivity index is 1.56. The minimum Gasteiger partial charge on any atom is -0.354 e. The van der Waals surface area contributed by atoms with Crippen LogP contribution in [-0.2, 0) is 6.54 Å². The number of piperazine rings is 1. The molecule has 1 fully saturated rings. The largest absolute Gasteiger partial charge is 0.354 e. The fraction of sp³-hybridized carbons (Fsp3) is 0.400. The second-order valence-electron chi connectivity index (χ2n) is 5.25. The molecule has 1 aliphatic rings. The summed E-state index contributed by atoms with van der Waals surface area (Å²) in [5.41, 5.74) is 2.07. The van der Waals surface area contributed by atoms with E-state index in [1.54, 1.807) is 12.5 Å². The maximum Gasteiger partial charge on any atom is 0.132 e. The molecule has 0 radical (unpaired) electrons. The van der Waals surface area contributed by atoms with E-state index >= 15 is 0 Å². The number of anilines is 1. The van der Waals surface area contributed by atoms with Crippen molar-refractivity contribution >= 4 is 17.4 Å². The van der Waals surface area contributed by atoms with E-state index in [0.29, 0.717) is 5.02 Å². The zero-order chi connectivity index (χ0) is 14.7. The highest BCUT2D eigenvalue weighted by atomic mass is 35.5. The number of hydrogen-bond acceptors (Lipinski definition) is 5. The number of hydrogen-bond donors (Lipinski definition) is 0. The zero-order valence-electron chi connectivity index (χ0n) is 12.0. The van der Waals surface area contributed by atoms with Crippen molar-refractivity contribution in [3.8, 4) is 0 Å². The number of pyridine rings is 1. The minimum atomic E-state index is 0.683. The molecule has 5 nitrogen and oxygen atoms in total. The Labute approximate surface area is 129 Å². The lowest BCUT2D eigenvalue weighted by molar-refractivity contribution is 0.246. The van der Waals surface area contributed by atoms with Crippen LogP contribution < -0.4 is 4.90 Å². The Bertz CT molecular complexity index is 593. The highest BCUT2D eigenvalue weighted by molar-refractivity contribution is 6.30. The number of nitrogens with zero attached hydrogens (tertiary/aromatic N) is 5. The van der Waals surface area contributed by atoms with E-state index < -0.39 is 0 Å². The average Bonchev–Trinajstić information content (AvgIpc) is 2.50. The first-order chi connectivity index (χ1) is 10.2. The van der Waals surface area contributed by atoms with Crippen LogP contribution in [0.1, 0.15) is 11.4 Å². The number of aromatic nitrogens is 3. The first kappa shape index (κ1) is 14.2. The van der Waals surface area contributed by atoms with Crippen molar-refractivity contribution in [1.29, 1.82) is 0 Å². The highest BCUT2D eigenvalue weighted by Gasteiger charge is 2.18. The van der Waals surface area contributed by atoms with E-state index in [9.17, 15) is 0 Å². The van der Waals surface area contributed by atoms with Gasteiger partial charge in [-0.3, -0.25) is 9.88 Å². The molecule has 21 heavy (non-hydrogen) atoms. The van der Waals surface area contributed by atoms with Gasteiger partial charge in [0.15, 0.2) is 0 Å². The summed E-state index contributed by atoms with van der Waals surface area (Å²) in [4.78, 5) is 17.6. The monoisotopic (exact) mass is 303 g/mol. The van der Waals surface area contributed by atoms with Crippen molar-refractivity contribution in [3.63, 3.8) is 0 Å². The molecule has 6 heteroatoms. The van der Waals surface area contributed by atoms with Crippen molar-refractivity contribution < 1.29 is 0 Å². The molecule has 3 rings (SSSR count). The van der Waals surface area contributed by atoms with Gasteiger partial charge in [0, 0.05) is 50.7 Å². The van der Waals surface area contributed by atoms with Crippen LogP contribution >= 0.6 is 11.6 Å². The molecule has 1 saturated heterocycles. The molecule has 2 aromatic heterocycles. The Hall–Kier alpha value is -1.72. The summed E-state index contributed by atoms with van der Waals surface area (Å²) in [6.45, 7) is 6.83. The third-order valence-electron chi connectivity index (χ3n) is 3.66. The summed E-state index contributed by atoms with van der Waals surface area (Å²) in [5.74, 6) is 1.02. The van der Waals surface area contributed by atoms with Gasteiger partial charge in [0.25, 0.3) is 0 Å². The van der Waals surface area contributed by atoms with Gasteiger partial charge in [-0.1, -0.05) is 11.6 Å². The summed E-state index contributed by atoms with van der Waals surface area (Å²) in [5, 5.41) is 0.683. The maximum absolute atomic E-state index is 5.86. The molecule has 0 atom stereocenters. The Morgan fingerprint density at radius 1 is 1.10 bits per heavy atom. The molecule has 0 amide bonds. The summed E-state index contributed by atoms with van der Waals surface area (Å²) in [7, 11) is 0. The van der Waals surface area contributed by atoms with Crippen LogP contribution in [0, 0.1) is 6.92 Å². The van der Waals surface area contributed by atoms with Crippen molar-refractivity contribution in [2.24, 2.45) is 0 Å². The maximum atomic E-state index is 5.86. The molecule has 0 bridgehead atoms. The van der Waals surface area contributed by atoms with Crippen LogP contribution in [0.2, 0.25) is 5.02 Å². The first-order valence-corrected chi connectivity index (χ1v) is 7.45.